The Bertz CT molecular complexity index is 719. The molecule has 154 valence electrons. The van der Waals surface area contributed by atoms with E-state index in [4.69, 9.17) is 0 Å². The molecular formula is C20H26F3N3O2. The number of amides is 1. The van der Waals surface area contributed by atoms with Gasteiger partial charge in [-0.05, 0) is 56.6 Å². The summed E-state index contributed by atoms with van der Waals surface area (Å²) < 4.78 is 38.8. The van der Waals surface area contributed by atoms with Crippen molar-refractivity contribution in [2.75, 3.05) is 18.0 Å². The lowest BCUT2D eigenvalue weighted by Gasteiger charge is -2.28. The molecule has 1 amide bonds. The third kappa shape index (κ3) is 3.97. The molecule has 3 aliphatic rings. The maximum Gasteiger partial charge on any atom is 0.433 e. The van der Waals surface area contributed by atoms with Crippen molar-refractivity contribution in [3.05, 3.63) is 23.9 Å². The number of aliphatic hydroxyl groups excluding tert-OH is 1. The first-order chi connectivity index (χ1) is 13.3. The summed E-state index contributed by atoms with van der Waals surface area (Å²) in [5, 5.41) is 12.8. The van der Waals surface area contributed by atoms with Gasteiger partial charge < -0.3 is 15.3 Å². The van der Waals surface area contributed by atoms with Gasteiger partial charge in [0.25, 0.3) is 0 Å². The van der Waals surface area contributed by atoms with Crippen LogP contribution in [0.2, 0.25) is 0 Å². The third-order valence-corrected chi connectivity index (χ3v) is 6.60. The molecule has 1 saturated heterocycles. The van der Waals surface area contributed by atoms with Crippen LogP contribution < -0.4 is 10.2 Å². The van der Waals surface area contributed by atoms with Crippen LogP contribution in [-0.2, 0) is 11.0 Å². The summed E-state index contributed by atoms with van der Waals surface area (Å²) in [4.78, 5) is 18.3. The SMILES string of the molecule is O=C(N[C@H]1CC[C@@H]2CN(c3cccc(C(F)(F)F)n3)C[C@@H]21)C1CCC(O)CC1. The Hall–Kier alpha value is -1.83. The maximum absolute atomic E-state index is 12.9. The van der Waals surface area contributed by atoms with Crippen LogP contribution in [0.15, 0.2) is 18.2 Å². The smallest absolute Gasteiger partial charge is 0.393 e. The second kappa shape index (κ2) is 7.54. The van der Waals surface area contributed by atoms with Gasteiger partial charge in [-0.2, -0.15) is 13.2 Å². The monoisotopic (exact) mass is 397 g/mol. The summed E-state index contributed by atoms with van der Waals surface area (Å²) >= 11 is 0. The van der Waals surface area contributed by atoms with Crippen LogP contribution >= 0.6 is 0 Å². The summed E-state index contributed by atoms with van der Waals surface area (Å²) in [7, 11) is 0. The molecule has 0 radical (unpaired) electrons. The number of carbonyl (C=O) groups is 1. The van der Waals surface area contributed by atoms with Crippen molar-refractivity contribution >= 4 is 11.7 Å². The molecule has 1 aromatic rings. The first-order valence-electron chi connectivity index (χ1n) is 10.1. The number of aliphatic hydroxyl groups is 1. The number of rotatable bonds is 3. The molecule has 4 rings (SSSR count). The predicted octanol–water partition coefficient (Wildman–Crippen LogP) is 2.98. The second-order valence-electron chi connectivity index (χ2n) is 8.41. The summed E-state index contributed by atoms with van der Waals surface area (Å²) in [6.07, 6.45) is -0.0801. The Morgan fingerprint density at radius 1 is 1.11 bits per heavy atom. The minimum absolute atomic E-state index is 0.0370. The predicted molar refractivity (Wildman–Crippen MR) is 97.6 cm³/mol. The fraction of sp³-hybridized carbons (Fsp3) is 0.700. The van der Waals surface area contributed by atoms with Gasteiger partial charge >= 0.3 is 6.18 Å². The van der Waals surface area contributed by atoms with E-state index in [0.29, 0.717) is 50.5 Å². The fourth-order valence-electron chi connectivity index (χ4n) is 5.03. The molecule has 0 bridgehead atoms. The molecule has 2 N–H and O–H groups in total. The molecule has 2 heterocycles. The standard InChI is InChI=1S/C20H26F3N3O2/c21-20(22,23)17-2-1-3-18(25-17)26-10-13-6-9-16(15(13)11-26)24-19(28)12-4-7-14(27)8-5-12/h1-3,12-16,27H,4-11H2,(H,24,28)/t12?,13-,14?,15+,16+/m1/s1. The molecule has 2 saturated carbocycles. The lowest BCUT2D eigenvalue weighted by atomic mass is 9.86. The molecule has 5 nitrogen and oxygen atoms in total. The van der Waals surface area contributed by atoms with Crippen LogP contribution in [0.25, 0.3) is 0 Å². The number of hydrogen-bond acceptors (Lipinski definition) is 4. The number of anilines is 1. The highest BCUT2D eigenvalue weighted by Gasteiger charge is 2.44. The van der Waals surface area contributed by atoms with Crippen LogP contribution in [0.4, 0.5) is 19.0 Å². The highest BCUT2D eigenvalue weighted by molar-refractivity contribution is 5.79. The molecule has 0 spiro atoms. The lowest BCUT2D eigenvalue weighted by Crippen LogP contribution is -2.43. The number of halogens is 3. The molecule has 1 aliphatic heterocycles. The van der Waals surface area contributed by atoms with Gasteiger partial charge in [-0.1, -0.05) is 6.07 Å². The van der Waals surface area contributed by atoms with Crippen molar-refractivity contribution in [3.8, 4) is 0 Å². The van der Waals surface area contributed by atoms with E-state index >= 15 is 0 Å². The van der Waals surface area contributed by atoms with E-state index in [-0.39, 0.29) is 29.9 Å². The quantitative estimate of drug-likeness (QED) is 0.823. The topological polar surface area (TPSA) is 65.5 Å². The van der Waals surface area contributed by atoms with Crippen molar-refractivity contribution in [1.29, 1.82) is 0 Å². The van der Waals surface area contributed by atoms with Gasteiger partial charge in [-0.15, -0.1) is 0 Å². The largest absolute Gasteiger partial charge is 0.433 e. The van der Waals surface area contributed by atoms with Gasteiger partial charge in [-0.25, -0.2) is 4.98 Å². The van der Waals surface area contributed by atoms with E-state index in [1.165, 1.54) is 6.07 Å². The van der Waals surface area contributed by atoms with Crippen LogP contribution in [-0.4, -0.2) is 41.2 Å². The normalized spacial score (nSPS) is 33.0. The van der Waals surface area contributed by atoms with E-state index in [1.54, 1.807) is 6.07 Å². The Morgan fingerprint density at radius 3 is 2.57 bits per heavy atom. The van der Waals surface area contributed by atoms with E-state index in [0.717, 1.165) is 18.9 Å². The molecule has 8 heteroatoms. The number of hydrogen-bond donors (Lipinski definition) is 2. The number of fused-ring (bicyclic) bond motifs is 1. The summed E-state index contributed by atoms with van der Waals surface area (Å²) in [5.41, 5.74) is -0.869. The minimum atomic E-state index is -4.45. The van der Waals surface area contributed by atoms with Crippen LogP contribution in [0.3, 0.4) is 0 Å². The van der Waals surface area contributed by atoms with Gasteiger partial charge in [-0.3, -0.25) is 4.79 Å². The summed E-state index contributed by atoms with van der Waals surface area (Å²) in [6, 6.07) is 4.08. The molecular weight excluding hydrogens is 371 g/mol. The molecule has 3 fully saturated rings. The zero-order valence-electron chi connectivity index (χ0n) is 15.7. The Labute approximate surface area is 162 Å². The average Bonchev–Trinajstić information content (AvgIpc) is 3.24. The zero-order valence-corrected chi connectivity index (χ0v) is 15.7. The molecule has 0 aromatic carbocycles. The third-order valence-electron chi connectivity index (χ3n) is 6.60. The summed E-state index contributed by atoms with van der Waals surface area (Å²) in [5.74, 6) is 0.998. The van der Waals surface area contributed by atoms with Gasteiger partial charge in [0, 0.05) is 31.0 Å². The van der Waals surface area contributed by atoms with Crippen LogP contribution in [0.1, 0.15) is 44.2 Å². The van der Waals surface area contributed by atoms with Crippen molar-refractivity contribution in [2.24, 2.45) is 17.8 Å². The Morgan fingerprint density at radius 2 is 1.86 bits per heavy atom. The zero-order chi connectivity index (χ0) is 19.9. The second-order valence-corrected chi connectivity index (χ2v) is 8.41. The Balaban J connectivity index is 1.38. The highest BCUT2D eigenvalue weighted by Crippen LogP contribution is 2.40. The van der Waals surface area contributed by atoms with E-state index in [9.17, 15) is 23.1 Å². The minimum Gasteiger partial charge on any atom is -0.393 e. The molecule has 28 heavy (non-hydrogen) atoms. The van der Waals surface area contributed by atoms with E-state index < -0.39 is 11.9 Å². The number of carbonyl (C=O) groups excluding carboxylic acids is 1. The van der Waals surface area contributed by atoms with Gasteiger partial charge in [0.05, 0.1) is 6.10 Å². The van der Waals surface area contributed by atoms with Gasteiger partial charge in [0.15, 0.2) is 0 Å². The van der Waals surface area contributed by atoms with Crippen LogP contribution in [0, 0.1) is 17.8 Å². The number of aromatic nitrogens is 1. The highest BCUT2D eigenvalue weighted by atomic mass is 19.4. The number of nitrogens with zero attached hydrogens (tertiary/aromatic N) is 2. The molecule has 2 aliphatic carbocycles. The van der Waals surface area contributed by atoms with Crippen molar-refractivity contribution in [3.63, 3.8) is 0 Å². The molecule has 3 atom stereocenters. The van der Waals surface area contributed by atoms with Gasteiger partial charge in [0.2, 0.25) is 5.91 Å². The maximum atomic E-state index is 12.9. The summed E-state index contributed by atoms with van der Waals surface area (Å²) in [6.45, 7) is 1.30. The van der Waals surface area contributed by atoms with Gasteiger partial charge in [0.1, 0.15) is 11.5 Å². The Kier molecular flexibility index (Phi) is 5.24. The number of pyridine rings is 1. The van der Waals surface area contributed by atoms with E-state index in [2.05, 4.69) is 10.3 Å². The molecule has 0 unspecified atom stereocenters. The first kappa shape index (κ1) is 19.5. The van der Waals surface area contributed by atoms with Crippen molar-refractivity contribution < 1.29 is 23.1 Å². The average molecular weight is 397 g/mol. The number of alkyl halides is 3. The van der Waals surface area contributed by atoms with E-state index in [1.807, 2.05) is 4.90 Å². The fourth-order valence-corrected chi connectivity index (χ4v) is 5.03. The first-order valence-corrected chi connectivity index (χ1v) is 10.1. The van der Waals surface area contributed by atoms with Crippen molar-refractivity contribution in [2.45, 2.75) is 56.8 Å². The lowest BCUT2D eigenvalue weighted by molar-refractivity contribution is -0.141. The number of nitrogens with one attached hydrogen (secondary N) is 1. The van der Waals surface area contributed by atoms with Crippen molar-refractivity contribution in [1.82, 2.24) is 10.3 Å². The van der Waals surface area contributed by atoms with Crippen LogP contribution in [0.5, 0.6) is 0 Å². The molecule has 1 aromatic heterocycles.